The number of anilines is 2. The summed E-state index contributed by atoms with van der Waals surface area (Å²) >= 11 is 3.38. The Kier molecular flexibility index (Phi) is 4.96. The van der Waals surface area contributed by atoms with Crippen LogP contribution >= 0.6 is 15.9 Å². The first-order valence-corrected chi connectivity index (χ1v) is 9.54. The predicted molar refractivity (Wildman–Crippen MR) is 110 cm³/mol. The maximum absolute atomic E-state index is 14.3. The van der Waals surface area contributed by atoms with Crippen molar-refractivity contribution in [3.05, 3.63) is 94.7 Å². The molecule has 0 N–H and O–H groups in total. The maximum Gasteiger partial charge on any atom is 0.255 e. The fraction of sp³-hybridized carbons (Fsp3) is 0.0909. The maximum atomic E-state index is 14.3. The fourth-order valence-corrected chi connectivity index (χ4v) is 3.65. The van der Waals surface area contributed by atoms with Crippen LogP contribution in [0.5, 0.6) is 0 Å². The number of hydrogen-bond donors (Lipinski definition) is 0. The molecule has 0 aliphatic carbocycles. The van der Waals surface area contributed by atoms with Crippen molar-refractivity contribution in [3.8, 4) is 0 Å². The van der Waals surface area contributed by atoms with Crippen LogP contribution < -0.4 is 9.80 Å². The van der Waals surface area contributed by atoms with Crippen LogP contribution in [0.2, 0.25) is 0 Å². The lowest BCUT2D eigenvalue weighted by molar-refractivity contribution is -0.128. The Hall–Kier alpha value is -2.99. The molecule has 0 spiro atoms. The lowest BCUT2D eigenvalue weighted by Gasteiger charge is -2.40. The first-order chi connectivity index (χ1) is 13.6. The molecule has 0 radical (unpaired) electrons. The molecular formula is C22H16BrFN2O2. The van der Waals surface area contributed by atoms with Gasteiger partial charge in [-0.1, -0.05) is 58.4 Å². The molecule has 4 nitrogen and oxygen atoms in total. The second-order valence-electron chi connectivity index (χ2n) is 6.43. The zero-order chi connectivity index (χ0) is 19.7. The zero-order valence-corrected chi connectivity index (χ0v) is 16.3. The molecule has 140 valence electrons. The molecule has 1 fully saturated rings. The summed E-state index contributed by atoms with van der Waals surface area (Å²) < 4.78 is 15.2. The van der Waals surface area contributed by atoms with Crippen molar-refractivity contribution in [2.45, 2.75) is 6.04 Å². The van der Waals surface area contributed by atoms with Crippen LogP contribution in [0.4, 0.5) is 15.8 Å². The zero-order valence-electron chi connectivity index (χ0n) is 14.8. The van der Waals surface area contributed by atoms with E-state index < -0.39 is 11.9 Å². The molecule has 1 atom stereocenters. The number of hydrogen-bond acceptors (Lipinski definition) is 2. The smallest absolute Gasteiger partial charge is 0.255 e. The molecule has 1 aliphatic rings. The van der Waals surface area contributed by atoms with Crippen LogP contribution in [-0.4, -0.2) is 18.4 Å². The third-order valence-corrected chi connectivity index (χ3v) is 5.21. The van der Waals surface area contributed by atoms with Gasteiger partial charge in [-0.25, -0.2) is 4.39 Å². The van der Waals surface area contributed by atoms with Gasteiger partial charge in [0, 0.05) is 10.2 Å². The number of benzene rings is 3. The summed E-state index contributed by atoms with van der Waals surface area (Å²) in [5.74, 6) is -1.16. The van der Waals surface area contributed by atoms with Crippen LogP contribution in [0.1, 0.15) is 11.6 Å². The highest BCUT2D eigenvalue weighted by molar-refractivity contribution is 9.10. The van der Waals surface area contributed by atoms with Crippen LogP contribution in [0.25, 0.3) is 0 Å². The molecule has 1 heterocycles. The summed E-state index contributed by atoms with van der Waals surface area (Å²) in [4.78, 5) is 29.2. The quantitative estimate of drug-likeness (QED) is 0.593. The normalized spacial score (nSPS) is 17.1. The number of piperazine rings is 1. The molecule has 2 amide bonds. The van der Waals surface area contributed by atoms with Crippen molar-refractivity contribution in [1.29, 1.82) is 0 Å². The molecule has 1 aliphatic heterocycles. The minimum absolute atomic E-state index is 0.109. The average Bonchev–Trinajstić information content (AvgIpc) is 2.71. The lowest BCUT2D eigenvalue weighted by Crippen LogP contribution is -2.56. The van der Waals surface area contributed by atoms with Gasteiger partial charge in [0.1, 0.15) is 18.4 Å². The monoisotopic (exact) mass is 438 g/mol. The number of rotatable bonds is 3. The summed E-state index contributed by atoms with van der Waals surface area (Å²) in [5, 5.41) is 0. The Balaban J connectivity index is 1.82. The summed E-state index contributed by atoms with van der Waals surface area (Å²) in [6, 6.07) is 21.4. The minimum atomic E-state index is -0.872. The van der Waals surface area contributed by atoms with E-state index in [1.165, 1.54) is 21.9 Å². The van der Waals surface area contributed by atoms with E-state index in [4.69, 9.17) is 0 Å². The fourth-order valence-electron chi connectivity index (χ4n) is 3.39. The molecule has 1 unspecified atom stereocenters. The molecule has 0 saturated carbocycles. The standard InChI is InChI=1S/C22H16BrFN2O2/c23-16-10-12-17(13-11-16)26-20(27)14-25(19-9-5-4-8-18(19)24)22(28)21(26)15-6-2-1-3-7-15/h1-13,21H,14H2. The van der Waals surface area contributed by atoms with E-state index >= 15 is 0 Å². The molecule has 6 heteroatoms. The van der Waals surface area contributed by atoms with Crippen LogP contribution in [0.3, 0.4) is 0 Å². The van der Waals surface area contributed by atoms with Crippen molar-refractivity contribution in [2.24, 2.45) is 0 Å². The van der Waals surface area contributed by atoms with Gasteiger partial charge in [-0.15, -0.1) is 0 Å². The Labute approximate surface area is 170 Å². The van der Waals surface area contributed by atoms with E-state index in [2.05, 4.69) is 15.9 Å². The van der Waals surface area contributed by atoms with E-state index in [0.717, 1.165) is 4.47 Å². The highest BCUT2D eigenvalue weighted by Crippen LogP contribution is 2.35. The molecule has 1 saturated heterocycles. The number of halogens is 2. The summed E-state index contributed by atoms with van der Waals surface area (Å²) in [5.41, 5.74) is 1.39. The molecule has 28 heavy (non-hydrogen) atoms. The van der Waals surface area contributed by atoms with Crippen LogP contribution in [0.15, 0.2) is 83.3 Å². The van der Waals surface area contributed by atoms with Crippen LogP contribution in [0, 0.1) is 5.82 Å². The van der Waals surface area contributed by atoms with Gasteiger partial charge >= 0.3 is 0 Å². The van der Waals surface area contributed by atoms with Gasteiger partial charge in [0.25, 0.3) is 5.91 Å². The van der Waals surface area contributed by atoms with Gasteiger partial charge in [-0.3, -0.25) is 19.4 Å². The van der Waals surface area contributed by atoms with Gasteiger partial charge in [0.05, 0.1) is 5.69 Å². The third kappa shape index (κ3) is 3.31. The van der Waals surface area contributed by atoms with Crippen molar-refractivity contribution >= 4 is 39.1 Å². The Bertz CT molecular complexity index is 1020. The highest BCUT2D eigenvalue weighted by Gasteiger charge is 2.42. The van der Waals surface area contributed by atoms with Gasteiger partial charge in [0.2, 0.25) is 5.91 Å². The molecular weight excluding hydrogens is 423 g/mol. The largest absolute Gasteiger partial charge is 0.298 e. The van der Waals surface area contributed by atoms with Gasteiger partial charge in [-0.2, -0.15) is 0 Å². The predicted octanol–water partition coefficient (Wildman–Crippen LogP) is 4.71. The Morgan fingerprint density at radius 1 is 0.857 bits per heavy atom. The second kappa shape index (κ2) is 7.56. The van der Waals surface area contributed by atoms with E-state index in [1.54, 1.807) is 36.4 Å². The Morgan fingerprint density at radius 3 is 2.18 bits per heavy atom. The molecule has 0 aromatic heterocycles. The molecule has 0 bridgehead atoms. The molecule has 4 rings (SSSR count). The number of carbonyl (C=O) groups is 2. The first kappa shape index (κ1) is 18.4. The van der Waals surface area contributed by atoms with Crippen molar-refractivity contribution in [2.75, 3.05) is 16.3 Å². The average molecular weight is 439 g/mol. The summed E-state index contributed by atoms with van der Waals surface area (Å²) in [7, 11) is 0. The highest BCUT2D eigenvalue weighted by atomic mass is 79.9. The van der Waals surface area contributed by atoms with Crippen LogP contribution in [-0.2, 0) is 9.59 Å². The van der Waals surface area contributed by atoms with E-state index in [1.807, 2.05) is 30.3 Å². The number of amides is 2. The van der Waals surface area contributed by atoms with Gasteiger partial charge < -0.3 is 0 Å². The van der Waals surface area contributed by atoms with Gasteiger partial charge in [0.15, 0.2) is 0 Å². The van der Waals surface area contributed by atoms with E-state index in [0.29, 0.717) is 11.3 Å². The second-order valence-corrected chi connectivity index (χ2v) is 7.34. The third-order valence-electron chi connectivity index (χ3n) is 4.68. The SMILES string of the molecule is O=C1C(c2ccccc2)N(c2ccc(Br)cc2)C(=O)CN1c1ccccc1F. The van der Waals surface area contributed by atoms with Crippen molar-refractivity contribution in [3.63, 3.8) is 0 Å². The van der Waals surface area contributed by atoms with Crippen molar-refractivity contribution in [1.82, 2.24) is 0 Å². The summed E-state index contributed by atoms with van der Waals surface area (Å²) in [6.45, 7) is -0.223. The molecule has 3 aromatic carbocycles. The van der Waals surface area contributed by atoms with E-state index in [9.17, 15) is 14.0 Å². The number of nitrogens with zero attached hydrogens (tertiary/aromatic N) is 2. The lowest BCUT2D eigenvalue weighted by atomic mass is 9.99. The number of carbonyl (C=O) groups excluding carboxylic acids is 2. The minimum Gasteiger partial charge on any atom is -0.298 e. The van der Waals surface area contributed by atoms with Gasteiger partial charge in [-0.05, 0) is 42.0 Å². The first-order valence-electron chi connectivity index (χ1n) is 8.75. The molecule has 3 aromatic rings. The Morgan fingerprint density at radius 2 is 1.50 bits per heavy atom. The summed E-state index contributed by atoms with van der Waals surface area (Å²) in [6.07, 6.45) is 0. The number of para-hydroxylation sites is 1. The van der Waals surface area contributed by atoms with E-state index in [-0.39, 0.29) is 24.0 Å². The topological polar surface area (TPSA) is 40.6 Å². The van der Waals surface area contributed by atoms with Crippen molar-refractivity contribution < 1.29 is 14.0 Å².